The number of hydrogen-bond acceptors (Lipinski definition) is 32. The molecule has 0 saturated carbocycles. The minimum Gasteiger partial charge on any atom is -0.415 e. The molecule has 0 spiro atoms. The summed E-state index contributed by atoms with van der Waals surface area (Å²) in [5.74, 6) is -0.850. The molecular weight excluding hydrogens is 1900 g/mol. The molecule has 14 aromatic rings. The smallest absolute Gasteiger partial charge is 0.415 e. The molecule has 3 aliphatic rings. The summed E-state index contributed by atoms with van der Waals surface area (Å²) in [4.78, 5) is 163. The van der Waals surface area contributed by atoms with Gasteiger partial charge in [-0.1, -0.05) is 54.6 Å². The topological polar surface area (TPSA) is 471 Å². The van der Waals surface area contributed by atoms with Gasteiger partial charge in [0.2, 0.25) is 23.5 Å². The second-order valence-corrected chi connectivity index (χ2v) is 31.9. The molecule has 14 heterocycles. The third-order valence-electron chi connectivity index (χ3n) is 18.4. The number of aryl methyl sites for hydroxylation is 3. The van der Waals surface area contributed by atoms with E-state index in [9.17, 15) is 100.0 Å². The predicted octanol–water partition coefficient (Wildman–Crippen LogP) is 18.2. The quantitative estimate of drug-likeness (QED) is 0.0308. The fourth-order valence-corrected chi connectivity index (χ4v) is 15.2. The number of para-hydroxylation sites is 3. The Balaban J connectivity index is 0.000000159. The maximum absolute atomic E-state index is 13.5. The number of nitro groups is 4. The monoisotopic (exact) mass is 1960 g/mol. The Morgan fingerprint density at radius 2 is 0.722 bits per heavy atom. The number of nitrogen functional groups attached to an aromatic ring is 1. The SMILES string of the molecule is Cc1ncc2c(n1)CN(C(=O)C(F)(F)F)C2.Cc1ncc2c(n1)CN(C(=O)Cc1nc(-c3ccc(F)s3)ccc1[N+](=O)[O-])C2.Cc1ncc2c(n1)CN(C(=O)Cc1nc(-c3ccc(F)s3)ccc1[N+](=O)[O-])C2.Nc1nc(-c2ccc(F)s2)ccc1[N+](=O)[O-].O=C(Cl)Oc1ccccc1.O=C(Oc1ccccc1)N(C(=O)Oc1ccccc1)c1nc(-c2ccc(F)s2)ccc1[N+](=O)[O-].[Ni]. The Bertz CT molecular complexity index is 6490. The molecule has 49 heteroatoms. The van der Waals surface area contributed by atoms with Crippen LogP contribution in [-0.2, 0) is 83.0 Å². The van der Waals surface area contributed by atoms with Crippen molar-refractivity contribution in [3.63, 3.8) is 0 Å². The number of pyridine rings is 4. The van der Waals surface area contributed by atoms with Crippen molar-refractivity contribution in [1.29, 1.82) is 0 Å². The molecule has 36 nitrogen and oxygen atoms in total. The number of nitrogens with zero attached hydrogens (tertiary/aromatic N) is 18. The summed E-state index contributed by atoms with van der Waals surface area (Å²) in [6.07, 6.45) is -2.99. The van der Waals surface area contributed by atoms with Crippen LogP contribution < -0.4 is 24.8 Å². The number of anilines is 2. The van der Waals surface area contributed by atoms with Crippen LogP contribution in [0.5, 0.6) is 17.2 Å². The van der Waals surface area contributed by atoms with E-state index in [1.807, 2.05) is 6.07 Å². The van der Waals surface area contributed by atoms with Crippen molar-refractivity contribution in [3.8, 4) is 59.5 Å². The van der Waals surface area contributed by atoms with E-state index in [1.54, 1.807) is 122 Å². The van der Waals surface area contributed by atoms with Crippen LogP contribution in [0.3, 0.4) is 0 Å². The maximum Gasteiger partial charge on any atom is 0.471 e. The number of fused-ring (bicyclic) bond motifs is 3. The molecule has 0 bridgehead atoms. The van der Waals surface area contributed by atoms with Crippen molar-refractivity contribution < 1.29 is 110 Å². The first kappa shape index (κ1) is 98.2. The number of halogens is 8. The zero-order valence-electron chi connectivity index (χ0n) is 68.3. The molecule has 17 rings (SSSR count). The van der Waals surface area contributed by atoms with Gasteiger partial charge in [0, 0.05) is 107 Å². The van der Waals surface area contributed by atoms with Crippen LogP contribution in [0.15, 0.2) is 207 Å². The van der Waals surface area contributed by atoms with E-state index in [0.717, 1.165) is 78.8 Å². The molecule has 3 aromatic carbocycles. The molecule has 0 unspecified atom stereocenters. The van der Waals surface area contributed by atoms with Crippen molar-refractivity contribution in [2.45, 2.75) is 79.1 Å². The van der Waals surface area contributed by atoms with Crippen LogP contribution in [0.2, 0.25) is 0 Å². The molecule has 133 heavy (non-hydrogen) atoms. The Morgan fingerprint density at radius 3 is 1.04 bits per heavy atom. The first-order valence-electron chi connectivity index (χ1n) is 38.0. The summed E-state index contributed by atoms with van der Waals surface area (Å²) in [7, 11) is 0. The maximum atomic E-state index is 13.5. The van der Waals surface area contributed by atoms with Gasteiger partial charge in [0.1, 0.15) is 46.1 Å². The molecule has 0 saturated heterocycles. The van der Waals surface area contributed by atoms with Crippen LogP contribution in [0.25, 0.3) is 42.3 Å². The average molecular weight is 1960 g/mol. The van der Waals surface area contributed by atoms with Crippen molar-refractivity contribution >= 4 is 127 Å². The zero-order chi connectivity index (χ0) is 94.8. The number of nitrogens with two attached hydrogens (primary N) is 1. The number of aromatic nitrogens is 10. The summed E-state index contributed by atoms with van der Waals surface area (Å²) in [5, 5.41) is 43.3. The summed E-state index contributed by atoms with van der Waals surface area (Å²) >= 11 is 8.39. The number of carbonyl (C=O) groups excluding carboxylic acids is 6. The molecule has 3 aliphatic heterocycles. The third kappa shape index (κ3) is 26.2. The van der Waals surface area contributed by atoms with Gasteiger partial charge in [-0.2, -0.15) is 35.6 Å². The van der Waals surface area contributed by atoms with Crippen molar-refractivity contribution in [3.05, 3.63) is 330 Å². The summed E-state index contributed by atoms with van der Waals surface area (Å²) in [6.45, 7) is 6.41. The number of alkyl halides is 3. The molecule has 0 fully saturated rings. The Labute approximate surface area is 775 Å². The number of benzene rings is 3. The van der Waals surface area contributed by atoms with Crippen molar-refractivity contribution in [2.75, 3.05) is 10.6 Å². The van der Waals surface area contributed by atoms with E-state index >= 15 is 0 Å². The molecule has 5 amide bonds. The molecule has 684 valence electrons. The number of thiophene rings is 4. The molecule has 0 aliphatic carbocycles. The minimum atomic E-state index is -4.83. The van der Waals surface area contributed by atoms with E-state index < -0.39 is 66.0 Å². The molecule has 11 aromatic heterocycles. The van der Waals surface area contributed by atoms with Gasteiger partial charge in [0.15, 0.2) is 20.5 Å². The molecule has 0 radical (unpaired) electrons. The zero-order valence-corrected chi connectivity index (χ0v) is 73.3. The van der Waals surface area contributed by atoms with Gasteiger partial charge in [-0.25, -0.2) is 64.2 Å². The number of rotatable bonds is 16. The van der Waals surface area contributed by atoms with Gasteiger partial charge in [-0.3, -0.25) is 54.8 Å². The second kappa shape index (κ2) is 44.3. The van der Waals surface area contributed by atoms with Gasteiger partial charge in [-0.05, 0) is 130 Å². The van der Waals surface area contributed by atoms with Crippen molar-refractivity contribution in [2.24, 2.45) is 0 Å². The fraction of sp³-hybridized carbons (Fsp3) is 0.143. The average Bonchev–Trinajstić information content (AvgIpc) is 1.44. The third-order valence-corrected chi connectivity index (χ3v) is 22.0. The molecular formula is C84H61ClF7N19NiO17S4. The van der Waals surface area contributed by atoms with Crippen LogP contribution in [0.1, 0.15) is 62.6 Å². The standard InChI is InChI=1S/C23H14FN3O6S.2C18H14FN5O3S.C9H8F3N3O.C9H6FN3O2S.C7H5ClO2.Ni/c24-20-14-13-19(34-20)17-11-12-18(27(30)31)21(25-17)26(22(28)32-15-7-3-1-4-8-15)23(29)33-16-9-5-2-6-10-16;2*1-10-20-7-11-8-23(9-14(11)21-10)18(25)6-13-15(24(26)27)3-2-12(22-13)16-4-5-17(19)28-16;1-5-13-2-6-3-15(4-7(6)14-5)8(16)9(10,11)12;10-8-4-3-7(16-8)5-1-2-6(13(14)15)9(11)12-5;8-7(9)10-6-4-2-1-3-5-6;/h1-14H;2*2-5,7H,6,8-9H2,1H3;2H,3-4H2,1H3;1-4H,(H2,11,12);1-5H;. The van der Waals surface area contributed by atoms with Gasteiger partial charge in [-0.15, -0.1) is 45.3 Å². The van der Waals surface area contributed by atoms with E-state index in [1.165, 1.54) is 103 Å². The van der Waals surface area contributed by atoms with Crippen LogP contribution in [0, 0.1) is 81.8 Å². The summed E-state index contributed by atoms with van der Waals surface area (Å²) < 4.78 is 104. The first-order valence-corrected chi connectivity index (χ1v) is 41.6. The van der Waals surface area contributed by atoms with E-state index in [2.05, 4.69) is 54.6 Å². The number of carbonyl (C=O) groups is 6. The minimum absolute atomic E-state index is 0. The molecule has 0 atom stereocenters. The van der Waals surface area contributed by atoms with E-state index in [4.69, 9.17) is 26.8 Å². The van der Waals surface area contributed by atoms with Gasteiger partial charge < -0.3 is 34.6 Å². The van der Waals surface area contributed by atoms with Gasteiger partial charge in [0.25, 0.3) is 11.4 Å². The Hall–Kier alpha value is -15.4. The number of imide groups is 1. The number of hydrogen-bond donors (Lipinski definition) is 1. The fourth-order valence-electron chi connectivity index (χ4n) is 12.4. The Kier molecular flexibility index (Phi) is 32.7. The van der Waals surface area contributed by atoms with Crippen molar-refractivity contribution in [1.82, 2.24) is 64.5 Å². The summed E-state index contributed by atoms with van der Waals surface area (Å²) in [6, 6.07) is 46.1. The first-order chi connectivity index (χ1) is 63.0. The summed E-state index contributed by atoms with van der Waals surface area (Å²) in [5.41, 5.74) is 9.04. The van der Waals surface area contributed by atoms with Crippen LogP contribution >= 0.6 is 56.9 Å². The predicted molar refractivity (Wildman–Crippen MR) is 463 cm³/mol. The second-order valence-electron chi connectivity index (χ2n) is 27.4. The van der Waals surface area contributed by atoms with E-state index in [0.29, 0.717) is 102 Å². The van der Waals surface area contributed by atoms with Crippen LogP contribution in [0.4, 0.5) is 79.5 Å². The number of ether oxygens (including phenoxy) is 3. The normalized spacial score (nSPS) is 11.8. The van der Waals surface area contributed by atoms with Crippen LogP contribution in [-0.4, -0.2) is 126 Å². The molecule has 2 N–H and O–H groups in total. The largest absolute Gasteiger partial charge is 0.471 e. The van der Waals surface area contributed by atoms with Gasteiger partial charge in [0.05, 0.1) is 112 Å². The van der Waals surface area contributed by atoms with Gasteiger partial charge >= 0.3 is 41.1 Å². The van der Waals surface area contributed by atoms with E-state index in [-0.39, 0.29) is 121 Å². The number of amides is 5. The Morgan fingerprint density at radius 1 is 0.414 bits per heavy atom.